The van der Waals surface area contributed by atoms with Crippen LogP contribution < -0.4 is 9.47 Å². The predicted octanol–water partition coefficient (Wildman–Crippen LogP) is 3.54. The number of carbonyl (C=O) groups excluding carboxylic acids is 1. The van der Waals surface area contributed by atoms with E-state index in [-0.39, 0.29) is 6.29 Å². The highest BCUT2D eigenvalue weighted by atomic mass is 16.7. The van der Waals surface area contributed by atoms with E-state index in [0.29, 0.717) is 23.7 Å². The summed E-state index contributed by atoms with van der Waals surface area (Å²) in [6, 6.07) is 9.33. The maximum Gasteiger partial charge on any atom is 0.341 e. The molecule has 1 aliphatic rings. The average Bonchev–Trinajstić information content (AvgIpc) is 2.61. The fourth-order valence-corrected chi connectivity index (χ4v) is 2.84. The molecule has 1 atom stereocenters. The van der Waals surface area contributed by atoms with Gasteiger partial charge < -0.3 is 18.9 Å². The van der Waals surface area contributed by atoms with Gasteiger partial charge >= 0.3 is 5.97 Å². The second kappa shape index (κ2) is 6.87. The Balaban J connectivity index is 2.10. The molecule has 0 bridgehead atoms. The number of methoxy groups -OCH3 is 2. The van der Waals surface area contributed by atoms with Crippen molar-refractivity contribution in [3.8, 4) is 11.5 Å². The van der Waals surface area contributed by atoms with Gasteiger partial charge in [-0.25, -0.2) is 4.79 Å². The Morgan fingerprint density at radius 2 is 1.96 bits per heavy atom. The molecule has 5 heteroatoms. The van der Waals surface area contributed by atoms with Gasteiger partial charge in [0.2, 0.25) is 0 Å². The van der Waals surface area contributed by atoms with Gasteiger partial charge in [0.15, 0.2) is 6.29 Å². The molecule has 2 aromatic carbocycles. The molecule has 1 unspecified atom stereocenters. The minimum Gasteiger partial charge on any atom is -0.495 e. The zero-order valence-corrected chi connectivity index (χ0v) is 13.3. The first-order chi connectivity index (χ1) is 11.2. The highest BCUT2D eigenvalue weighted by Crippen LogP contribution is 2.38. The fraction of sp³-hybridized carbons (Fsp3) is 0.389. The molecule has 1 aliphatic heterocycles. The van der Waals surface area contributed by atoms with Gasteiger partial charge in [0, 0.05) is 17.2 Å². The fourth-order valence-electron chi connectivity index (χ4n) is 2.84. The minimum atomic E-state index is -0.456. The van der Waals surface area contributed by atoms with Crippen LogP contribution in [0.3, 0.4) is 0 Å². The summed E-state index contributed by atoms with van der Waals surface area (Å²) in [4.78, 5) is 12.1. The van der Waals surface area contributed by atoms with Crippen molar-refractivity contribution in [3.05, 3.63) is 35.9 Å². The molecule has 122 valence electrons. The van der Waals surface area contributed by atoms with Gasteiger partial charge in [0.1, 0.15) is 17.1 Å². The number of hydrogen-bond acceptors (Lipinski definition) is 5. The van der Waals surface area contributed by atoms with E-state index in [1.54, 1.807) is 13.2 Å². The molecule has 3 rings (SSSR count). The SMILES string of the molecule is COC(=O)c1cc(OC2CCCCO2)c2ccccc2c1OC. The lowest BCUT2D eigenvalue weighted by molar-refractivity contribution is -0.105. The lowest BCUT2D eigenvalue weighted by Gasteiger charge is -2.25. The standard InChI is InChI=1S/C18H20O5/c1-20-17-13-8-4-3-7-12(13)15(11-14(17)18(19)21-2)23-16-9-5-6-10-22-16/h3-4,7-8,11,16H,5-6,9-10H2,1-2H3. The van der Waals surface area contributed by atoms with Crippen LogP contribution in [-0.4, -0.2) is 33.1 Å². The van der Waals surface area contributed by atoms with Crippen LogP contribution in [0.1, 0.15) is 29.6 Å². The molecule has 1 heterocycles. The van der Waals surface area contributed by atoms with Gasteiger partial charge in [-0.15, -0.1) is 0 Å². The van der Waals surface area contributed by atoms with Crippen molar-refractivity contribution < 1.29 is 23.7 Å². The second-order valence-electron chi connectivity index (χ2n) is 5.41. The Bertz CT molecular complexity index is 704. The lowest BCUT2D eigenvalue weighted by Crippen LogP contribution is -2.25. The molecular weight excluding hydrogens is 296 g/mol. The maximum atomic E-state index is 12.1. The van der Waals surface area contributed by atoms with E-state index in [1.165, 1.54) is 7.11 Å². The van der Waals surface area contributed by atoms with Gasteiger partial charge in [-0.2, -0.15) is 0 Å². The number of benzene rings is 2. The smallest absolute Gasteiger partial charge is 0.341 e. The van der Waals surface area contributed by atoms with Crippen molar-refractivity contribution in [2.24, 2.45) is 0 Å². The molecule has 0 spiro atoms. The molecule has 1 fully saturated rings. The van der Waals surface area contributed by atoms with Crippen LogP contribution in [0.2, 0.25) is 0 Å². The van der Waals surface area contributed by atoms with Crippen LogP contribution in [0.4, 0.5) is 0 Å². The van der Waals surface area contributed by atoms with Crippen molar-refractivity contribution in [3.63, 3.8) is 0 Å². The number of carbonyl (C=O) groups is 1. The Morgan fingerprint density at radius 1 is 1.17 bits per heavy atom. The number of hydrogen-bond donors (Lipinski definition) is 0. The van der Waals surface area contributed by atoms with Crippen molar-refractivity contribution in [1.82, 2.24) is 0 Å². The molecular formula is C18H20O5. The molecule has 0 amide bonds. The summed E-state index contributed by atoms with van der Waals surface area (Å²) < 4.78 is 22.0. The van der Waals surface area contributed by atoms with E-state index in [4.69, 9.17) is 18.9 Å². The van der Waals surface area contributed by atoms with Gasteiger partial charge in [-0.05, 0) is 18.9 Å². The first kappa shape index (κ1) is 15.6. The van der Waals surface area contributed by atoms with Crippen LogP contribution in [-0.2, 0) is 9.47 Å². The van der Waals surface area contributed by atoms with E-state index >= 15 is 0 Å². The Kier molecular flexibility index (Phi) is 4.67. The largest absolute Gasteiger partial charge is 0.495 e. The third-order valence-electron chi connectivity index (χ3n) is 3.96. The quantitative estimate of drug-likeness (QED) is 0.808. The molecule has 23 heavy (non-hydrogen) atoms. The summed E-state index contributed by atoms with van der Waals surface area (Å²) >= 11 is 0. The average molecular weight is 316 g/mol. The van der Waals surface area contributed by atoms with Gasteiger partial charge in [-0.1, -0.05) is 24.3 Å². The molecule has 0 N–H and O–H groups in total. The van der Waals surface area contributed by atoms with Crippen LogP contribution in [0, 0.1) is 0 Å². The van der Waals surface area contributed by atoms with Crippen molar-refractivity contribution in [2.75, 3.05) is 20.8 Å². The third-order valence-corrected chi connectivity index (χ3v) is 3.96. The molecule has 0 aromatic heterocycles. The van der Waals surface area contributed by atoms with Crippen LogP contribution in [0.5, 0.6) is 11.5 Å². The predicted molar refractivity (Wildman–Crippen MR) is 86.1 cm³/mol. The molecule has 0 aliphatic carbocycles. The first-order valence-electron chi connectivity index (χ1n) is 7.71. The van der Waals surface area contributed by atoms with Gasteiger partial charge in [0.05, 0.1) is 20.8 Å². The van der Waals surface area contributed by atoms with E-state index in [0.717, 1.165) is 30.0 Å². The summed E-state index contributed by atoms with van der Waals surface area (Å²) in [6.07, 6.45) is 2.68. The highest BCUT2D eigenvalue weighted by molar-refractivity contribution is 6.04. The van der Waals surface area contributed by atoms with Crippen molar-refractivity contribution in [1.29, 1.82) is 0 Å². The first-order valence-corrected chi connectivity index (χ1v) is 7.71. The summed E-state index contributed by atoms with van der Waals surface area (Å²) in [6.45, 7) is 0.697. The molecule has 0 saturated carbocycles. The van der Waals surface area contributed by atoms with Crippen LogP contribution in [0.15, 0.2) is 30.3 Å². The Hall–Kier alpha value is -2.27. The topological polar surface area (TPSA) is 54.0 Å². The summed E-state index contributed by atoms with van der Waals surface area (Å²) in [5.74, 6) is 0.639. The molecule has 2 aromatic rings. The molecule has 0 radical (unpaired) electrons. The zero-order chi connectivity index (χ0) is 16.2. The number of ether oxygens (including phenoxy) is 4. The Morgan fingerprint density at radius 3 is 2.61 bits per heavy atom. The number of esters is 1. The summed E-state index contributed by atoms with van der Waals surface area (Å²) in [5.41, 5.74) is 0.347. The third kappa shape index (κ3) is 3.10. The second-order valence-corrected chi connectivity index (χ2v) is 5.41. The molecule has 5 nitrogen and oxygen atoms in total. The molecule has 1 saturated heterocycles. The van der Waals surface area contributed by atoms with E-state index < -0.39 is 5.97 Å². The number of fused-ring (bicyclic) bond motifs is 1. The van der Waals surface area contributed by atoms with Crippen molar-refractivity contribution >= 4 is 16.7 Å². The summed E-state index contributed by atoms with van der Waals surface area (Å²) in [5, 5.41) is 1.69. The van der Waals surface area contributed by atoms with Gasteiger partial charge in [0.25, 0.3) is 0 Å². The minimum absolute atomic E-state index is 0.286. The lowest BCUT2D eigenvalue weighted by atomic mass is 10.0. The van der Waals surface area contributed by atoms with E-state index in [1.807, 2.05) is 24.3 Å². The number of rotatable bonds is 4. The van der Waals surface area contributed by atoms with E-state index in [2.05, 4.69) is 0 Å². The normalized spacial score (nSPS) is 17.7. The maximum absolute atomic E-state index is 12.1. The monoisotopic (exact) mass is 316 g/mol. The Labute approximate surface area is 135 Å². The van der Waals surface area contributed by atoms with Crippen LogP contribution >= 0.6 is 0 Å². The summed E-state index contributed by atoms with van der Waals surface area (Å²) in [7, 11) is 2.89. The zero-order valence-electron chi connectivity index (χ0n) is 13.3. The van der Waals surface area contributed by atoms with Gasteiger partial charge in [-0.3, -0.25) is 0 Å². The van der Waals surface area contributed by atoms with E-state index in [9.17, 15) is 4.79 Å². The van der Waals surface area contributed by atoms with Crippen LogP contribution in [0.25, 0.3) is 10.8 Å². The highest BCUT2D eigenvalue weighted by Gasteiger charge is 2.22. The van der Waals surface area contributed by atoms with Crippen molar-refractivity contribution in [2.45, 2.75) is 25.6 Å².